The summed E-state index contributed by atoms with van der Waals surface area (Å²) in [5, 5.41) is 8.18. The van der Waals surface area contributed by atoms with Gasteiger partial charge in [0.15, 0.2) is 0 Å². The van der Waals surface area contributed by atoms with E-state index in [1.54, 1.807) is 48.8 Å². The zero-order chi connectivity index (χ0) is 22.9. The van der Waals surface area contributed by atoms with Gasteiger partial charge in [-0.3, -0.25) is 4.98 Å². The summed E-state index contributed by atoms with van der Waals surface area (Å²) < 4.78 is 11.3. The average molecular weight is 442 g/mol. The van der Waals surface area contributed by atoms with Crippen LogP contribution in [0.3, 0.4) is 0 Å². The number of carbonyl (C=O) groups is 1. The summed E-state index contributed by atoms with van der Waals surface area (Å²) in [4.78, 5) is 16.5. The van der Waals surface area contributed by atoms with Gasteiger partial charge in [0.25, 0.3) is 0 Å². The van der Waals surface area contributed by atoms with Gasteiger partial charge in [0, 0.05) is 23.5 Å². The fourth-order valence-corrected chi connectivity index (χ4v) is 3.52. The van der Waals surface area contributed by atoms with Crippen LogP contribution in [-0.4, -0.2) is 21.2 Å². The highest BCUT2D eigenvalue weighted by atomic mass is 16.5. The molecule has 0 aliphatic rings. The third-order valence-corrected chi connectivity index (χ3v) is 5.42. The monoisotopic (exact) mass is 441 g/mol. The number of ether oxygens (including phenoxy) is 1. The van der Waals surface area contributed by atoms with Gasteiger partial charge >= 0.3 is 5.97 Å². The normalized spacial score (nSPS) is 10.8. The van der Waals surface area contributed by atoms with Crippen LogP contribution in [0.2, 0.25) is 0 Å². The number of aromatic nitrogens is 3. The molecule has 6 nitrogen and oxygen atoms in total. The van der Waals surface area contributed by atoms with E-state index in [4.69, 9.17) is 9.15 Å². The van der Waals surface area contributed by atoms with Crippen LogP contribution < -0.4 is 4.74 Å². The standard InChI is InChI=1S/C27H27N3O3/c1-2-3-4-5-6-7-20-8-10-23(11-9-20)27(31)32-24-14-12-21(13-15-24)25-29-30-26(33-25)22-16-18-28-19-17-22/h8-19H,2-7H2,1H3. The molecule has 0 fully saturated rings. The largest absolute Gasteiger partial charge is 0.423 e. The highest BCUT2D eigenvalue weighted by Crippen LogP contribution is 2.25. The minimum atomic E-state index is -0.380. The van der Waals surface area contributed by atoms with Crippen LogP contribution in [0.15, 0.2) is 77.5 Å². The van der Waals surface area contributed by atoms with Gasteiger partial charge in [0.2, 0.25) is 11.8 Å². The maximum atomic E-state index is 12.5. The molecule has 0 atom stereocenters. The molecule has 2 aromatic carbocycles. The highest BCUT2D eigenvalue weighted by Gasteiger charge is 2.12. The molecule has 2 aromatic heterocycles. The van der Waals surface area contributed by atoms with Crippen molar-refractivity contribution in [2.24, 2.45) is 0 Å². The summed E-state index contributed by atoms with van der Waals surface area (Å²) in [6, 6.07) is 18.3. The van der Waals surface area contributed by atoms with Crippen molar-refractivity contribution in [3.8, 4) is 28.7 Å². The molecule has 4 aromatic rings. The van der Waals surface area contributed by atoms with Crippen LogP contribution in [0.1, 0.15) is 54.9 Å². The Kier molecular flexibility index (Phi) is 7.59. The van der Waals surface area contributed by atoms with Crippen LogP contribution in [0.5, 0.6) is 5.75 Å². The molecular formula is C27H27N3O3. The minimum absolute atomic E-state index is 0.380. The molecule has 33 heavy (non-hydrogen) atoms. The van der Waals surface area contributed by atoms with Crippen molar-refractivity contribution in [1.29, 1.82) is 0 Å². The lowest BCUT2D eigenvalue weighted by Gasteiger charge is -2.06. The van der Waals surface area contributed by atoms with Crippen LogP contribution in [0.4, 0.5) is 0 Å². The molecule has 0 N–H and O–H groups in total. The summed E-state index contributed by atoms with van der Waals surface area (Å²) in [6.07, 6.45) is 10.7. The lowest BCUT2D eigenvalue weighted by molar-refractivity contribution is 0.0735. The van der Waals surface area contributed by atoms with Gasteiger partial charge < -0.3 is 9.15 Å². The smallest absolute Gasteiger partial charge is 0.343 e. The van der Waals surface area contributed by atoms with Crippen LogP contribution >= 0.6 is 0 Å². The second-order valence-electron chi connectivity index (χ2n) is 7.92. The fourth-order valence-electron chi connectivity index (χ4n) is 3.52. The second kappa shape index (κ2) is 11.2. The van der Waals surface area contributed by atoms with Gasteiger partial charge in [-0.25, -0.2) is 4.79 Å². The number of unbranched alkanes of at least 4 members (excludes halogenated alkanes) is 4. The number of esters is 1. The average Bonchev–Trinajstić information content (AvgIpc) is 3.36. The van der Waals surface area contributed by atoms with E-state index in [0.717, 1.165) is 17.5 Å². The molecule has 2 heterocycles. The minimum Gasteiger partial charge on any atom is -0.423 e. The van der Waals surface area contributed by atoms with Crippen LogP contribution in [0, 0.1) is 0 Å². The third kappa shape index (κ3) is 6.13. The van der Waals surface area contributed by atoms with E-state index in [1.165, 1.54) is 37.7 Å². The van der Waals surface area contributed by atoms with E-state index in [-0.39, 0.29) is 5.97 Å². The van der Waals surface area contributed by atoms with Crippen molar-refractivity contribution < 1.29 is 13.9 Å². The maximum Gasteiger partial charge on any atom is 0.343 e. The highest BCUT2D eigenvalue weighted by molar-refractivity contribution is 5.91. The van der Waals surface area contributed by atoms with Crippen molar-refractivity contribution >= 4 is 5.97 Å². The second-order valence-corrected chi connectivity index (χ2v) is 7.92. The van der Waals surface area contributed by atoms with Gasteiger partial charge in [-0.2, -0.15) is 0 Å². The molecule has 0 unspecified atom stereocenters. The summed E-state index contributed by atoms with van der Waals surface area (Å²) in [6.45, 7) is 2.22. The number of aryl methyl sites for hydroxylation is 1. The zero-order valence-corrected chi connectivity index (χ0v) is 18.7. The topological polar surface area (TPSA) is 78.1 Å². The van der Waals surface area contributed by atoms with E-state index in [0.29, 0.717) is 23.1 Å². The molecule has 0 saturated heterocycles. The maximum absolute atomic E-state index is 12.5. The lowest BCUT2D eigenvalue weighted by Crippen LogP contribution is -2.08. The predicted octanol–water partition coefficient (Wildman–Crippen LogP) is 6.53. The van der Waals surface area contributed by atoms with E-state index < -0.39 is 0 Å². The number of carbonyl (C=O) groups excluding carboxylic acids is 1. The SMILES string of the molecule is CCCCCCCc1ccc(C(=O)Oc2ccc(-c3nnc(-c4ccncc4)o3)cc2)cc1. The molecule has 4 rings (SSSR count). The van der Waals surface area contributed by atoms with Crippen molar-refractivity contribution in [3.63, 3.8) is 0 Å². The first kappa shape index (κ1) is 22.4. The number of benzene rings is 2. The molecule has 168 valence electrons. The Morgan fingerprint density at radius 3 is 2.09 bits per heavy atom. The fraction of sp³-hybridized carbons (Fsp3) is 0.259. The van der Waals surface area contributed by atoms with Gasteiger partial charge in [0.1, 0.15) is 5.75 Å². The molecule has 0 saturated carbocycles. The third-order valence-electron chi connectivity index (χ3n) is 5.42. The Hall–Kier alpha value is -3.80. The molecule has 0 amide bonds. The molecule has 6 heteroatoms. The Labute approximate surface area is 193 Å². The summed E-state index contributed by atoms with van der Waals surface area (Å²) in [5.74, 6) is 0.893. The molecule has 0 bridgehead atoms. The zero-order valence-electron chi connectivity index (χ0n) is 18.7. The van der Waals surface area contributed by atoms with Gasteiger partial charge in [-0.05, 0) is 66.9 Å². The van der Waals surface area contributed by atoms with E-state index in [9.17, 15) is 4.79 Å². The van der Waals surface area contributed by atoms with E-state index in [2.05, 4.69) is 22.1 Å². The van der Waals surface area contributed by atoms with Gasteiger partial charge in [0.05, 0.1) is 5.56 Å². The Morgan fingerprint density at radius 2 is 1.42 bits per heavy atom. The van der Waals surface area contributed by atoms with Gasteiger partial charge in [-0.1, -0.05) is 44.7 Å². The number of nitrogens with zero attached hydrogens (tertiary/aromatic N) is 3. The lowest BCUT2D eigenvalue weighted by atomic mass is 10.0. The number of rotatable bonds is 10. The summed E-state index contributed by atoms with van der Waals surface area (Å²) >= 11 is 0. The number of hydrogen-bond donors (Lipinski definition) is 0. The van der Waals surface area contributed by atoms with Gasteiger partial charge in [-0.15, -0.1) is 10.2 Å². The Morgan fingerprint density at radius 1 is 0.788 bits per heavy atom. The first-order chi connectivity index (χ1) is 16.2. The molecule has 0 aliphatic carbocycles. The molecule has 0 radical (unpaired) electrons. The van der Waals surface area contributed by atoms with Crippen molar-refractivity contribution in [3.05, 3.63) is 84.2 Å². The molecule has 0 spiro atoms. The Balaban J connectivity index is 1.32. The first-order valence-corrected chi connectivity index (χ1v) is 11.4. The van der Waals surface area contributed by atoms with Crippen molar-refractivity contribution in [2.75, 3.05) is 0 Å². The van der Waals surface area contributed by atoms with Crippen molar-refractivity contribution in [1.82, 2.24) is 15.2 Å². The summed E-state index contributed by atoms with van der Waals surface area (Å²) in [7, 11) is 0. The summed E-state index contributed by atoms with van der Waals surface area (Å²) in [5.41, 5.74) is 3.33. The first-order valence-electron chi connectivity index (χ1n) is 11.4. The number of pyridine rings is 1. The van der Waals surface area contributed by atoms with Crippen molar-refractivity contribution in [2.45, 2.75) is 45.4 Å². The van der Waals surface area contributed by atoms with E-state index >= 15 is 0 Å². The quantitative estimate of drug-likeness (QED) is 0.158. The molecular weight excluding hydrogens is 414 g/mol. The van der Waals surface area contributed by atoms with E-state index in [1.807, 2.05) is 24.3 Å². The van der Waals surface area contributed by atoms with Crippen LogP contribution in [-0.2, 0) is 6.42 Å². The van der Waals surface area contributed by atoms with Crippen LogP contribution in [0.25, 0.3) is 22.9 Å². The Bertz CT molecular complexity index is 1150. The predicted molar refractivity (Wildman–Crippen MR) is 127 cm³/mol. The molecule has 0 aliphatic heterocycles. The number of hydrogen-bond acceptors (Lipinski definition) is 6.